The van der Waals surface area contributed by atoms with Crippen LogP contribution in [-0.4, -0.2) is 26.3 Å². The molecular formula is C17H27NO2. The Labute approximate surface area is 123 Å². The highest BCUT2D eigenvalue weighted by Crippen LogP contribution is 2.28. The number of methoxy groups -OCH3 is 1. The smallest absolute Gasteiger partial charge is 0.161 e. The molecule has 3 nitrogen and oxygen atoms in total. The molecule has 1 aromatic rings. The number of nitrogens with one attached hydrogen (secondary N) is 1. The zero-order valence-corrected chi connectivity index (χ0v) is 13.1. The van der Waals surface area contributed by atoms with E-state index in [0.29, 0.717) is 12.6 Å². The molecule has 0 bridgehead atoms. The van der Waals surface area contributed by atoms with Crippen LogP contribution in [0.25, 0.3) is 6.08 Å². The van der Waals surface area contributed by atoms with E-state index in [0.717, 1.165) is 36.4 Å². The van der Waals surface area contributed by atoms with Gasteiger partial charge in [0.2, 0.25) is 0 Å². The number of hydrogen-bond acceptors (Lipinski definition) is 3. The lowest BCUT2D eigenvalue weighted by Crippen LogP contribution is -2.27. The number of rotatable bonds is 9. The van der Waals surface area contributed by atoms with Crippen molar-refractivity contribution in [2.24, 2.45) is 0 Å². The molecule has 0 saturated heterocycles. The van der Waals surface area contributed by atoms with Gasteiger partial charge in [-0.05, 0) is 50.9 Å². The van der Waals surface area contributed by atoms with Gasteiger partial charge in [0, 0.05) is 6.04 Å². The molecule has 0 unspecified atom stereocenters. The first-order valence-electron chi connectivity index (χ1n) is 7.38. The molecule has 1 aromatic carbocycles. The Balaban J connectivity index is 2.43. The molecule has 0 aliphatic carbocycles. The van der Waals surface area contributed by atoms with Crippen molar-refractivity contribution in [3.63, 3.8) is 0 Å². The molecular weight excluding hydrogens is 250 g/mol. The molecule has 0 heterocycles. The standard InChI is InChI=1S/C17H27NO2/c1-5-8-15-9-10-16(17(13-15)19-4)20-12-7-11-18-14(3)6-2/h5,8-10,13-14,18H,6-7,11-12H2,1-4H3/b8-5+/t14-/m0/s1. The third kappa shape index (κ3) is 5.66. The molecule has 0 aliphatic heterocycles. The second-order valence-electron chi connectivity index (χ2n) is 4.88. The van der Waals surface area contributed by atoms with Gasteiger partial charge in [0.25, 0.3) is 0 Å². The molecule has 0 fully saturated rings. The SMILES string of the molecule is C/C=C/c1ccc(OCCCN[C@@H](C)CC)c(OC)c1. The quantitative estimate of drug-likeness (QED) is 0.695. The fraction of sp³-hybridized carbons (Fsp3) is 0.529. The van der Waals surface area contributed by atoms with Gasteiger partial charge in [-0.3, -0.25) is 0 Å². The van der Waals surface area contributed by atoms with Gasteiger partial charge in [-0.1, -0.05) is 25.1 Å². The van der Waals surface area contributed by atoms with Crippen molar-refractivity contribution in [3.8, 4) is 11.5 Å². The summed E-state index contributed by atoms with van der Waals surface area (Å²) in [6.45, 7) is 8.06. The van der Waals surface area contributed by atoms with E-state index in [9.17, 15) is 0 Å². The number of benzene rings is 1. The van der Waals surface area contributed by atoms with E-state index in [-0.39, 0.29) is 0 Å². The van der Waals surface area contributed by atoms with Gasteiger partial charge in [-0.25, -0.2) is 0 Å². The van der Waals surface area contributed by atoms with Crippen molar-refractivity contribution >= 4 is 6.08 Å². The predicted octanol–water partition coefficient (Wildman–Crippen LogP) is 3.89. The van der Waals surface area contributed by atoms with Crippen LogP contribution in [0.15, 0.2) is 24.3 Å². The maximum Gasteiger partial charge on any atom is 0.161 e. The molecule has 0 aromatic heterocycles. The molecule has 1 atom stereocenters. The highest BCUT2D eigenvalue weighted by molar-refractivity contribution is 5.55. The largest absolute Gasteiger partial charge is 0.493 e. The second-order valence-corrected chi connectivity index (χ2v) is 4.88. The van der Waals surface area contributed by atoms with E-state index in [1.807, 2.05) is 37.3 Å². The summed E-state index contributed by atoms with van der Waals surface area (Å²) in [7, 11) is 1.67. The third-order valence-corrected chi connectivity index (χ3v) is 3.23. The van der Waals surface area contributed by atoms with Crippen LogP contribution in [0.1, 0.15) is 39.2 Å². The molecule has 0 spiro atoms. The van der Waals surface area contributed by atoms with Crippen LogP contribution in [0.5, 0.6) is 11.5 Å². The predicted molar refractivity (Wildman–Crippen MR) is 85.6 cm³/mol. The topological polar surface area (TPSA) is 30.5 Å². The number of allylic oxidation sites excluding steroid dienone is 1. The molecule has 3 heteroatoms. The summed E-state index contributed by atoms with van der Waals surface area (Å²) in [5, 5.41) is 3.45. The summed E-state index contributed by atoms with van der Waals surface area (Å²) >= 11 is 0. The van der Waals surface area contributed by atoms with E-state index < -0.39 is 0 Å². The van der Waals surface area contributed by atoms with Crippen molar-refractivity contribution < 1.29 is 9.47 Å². The molecule has 112 valence electrons. The fourth-order valence-corrected chi connectivity index (χ4v) is 1.85. The van der Waals surface area contributed by atoms with Crippen molar-refractivity contribution in [2.75, 3.05) is 20.3 Å². The zero-order valence-electron chi connectivity index (χ0n) is 13.1. The van der Waals surface area contributed by atoms with E-state index in [2.05, 4.69) is 19.2 Å². The van der Waals surface area contributed by atoms with Gasteiger partial charge in [0.15, 0.2) is 11.5 Å². The summed E-state index contributed by atoms with van der Waals surface area (Å²) in [4.78, 5) is 0. The van der Waals surface area contributed by atoms with Crippen molar-refractivity contribution in [1.29, 1.82) is 0 Å². The van der Waals surface area contributed by atoms with Gasteiger partial charge in [0.05, 0.1) is 13.7 Å². The van der Waals surface area contributed by atoms with E-state index >= 15 is 0 Å². The highest BCUT2D eigenvalue weighted by Gasteiger charge is 2.04. The molecule has 1 N–H and O–H groups in total. The number of hydrogen-bond donors (Lipinski definition) is 1. The zero-order chi connectivity index (χ0) is 14.8. The third-order valence-electron chi connectivity index (χ3n) is 3.23. The van der Waals surface area contributed by atoms with E-state index in [1.165, 1.54) is 0 Å². The minimum Gasteiger partial charge on any atom is -0.493 e. The lowest BCUT2D eigenvalue weighted by Gasteiger charge is -2.13. The second kappa shape index (κ2) is 9.43. The molecule has 0 saturated carbocycles. The molecule has 1 rings (SSSR count). The van der Waals surface area contributed by atoms with Crippen LogP contribution < -0.4 is 14.8 Å². The molecule has 0 radical (unpaired) electrons. The Morgan fingerprint density at radius 3 is 2.75 bits per heavy atom. The fourth-order valence-electron chi connectivity index (χ4n) is 1.85. The first-order valence-corrected chi connectivity index (χ1v) is 7.38. The summed E-state index contributed by atoms with van der Waals surface area (Å²) in [6.07, 6.45) is 6.20. The Morgan fingerprint density at radius 1 is 1.30 bits per heavy atom. The average molecular weight is 277 g/mol. The lowest BCUT2D eigenvalue weighted by molar-refractivity contribution is 0.285. The maximum atomic E-state index is 5.79. The van der Waals surface area contributed by atoms with Crippen LogP contribution in [0.2, 0.25) is 0 Å². The van der Waals surface area contributed by atoms with Gasteiger partial charge in [-0.2, -0.15) is 0 Å². The Morgan fingerprint density at radius 2 is 2.10 bits per heavy atom. The summed E-state index contributed by atoms with van der Waals surface area (Å²) in [5.41, 5.74) is 1.12. The van der Waals surface area contributed by atoms with Crippen molar-refractivity contribution in [2.45, 2.75) is 39.7 Å². The Kier molecular flexibility index (Phi) is 7.81. The monoisotopic (exact) mass is 277 g/mol. The molecule has 20 heavy (non-hydrogen) atoms. The first kappa shape index (κ1) is 16.6. The van der Waals surface area contributed by atoms with E-state index in [1.54, 1.807) is 7.11 Å². The van der Waals surface area contributed by atoms with Crippen LogP contribution >= 0.6 is 0 Å². The summed E-state index contributed by atoms with van der Waals surface area (Å²) in [6, 6.07) is 6.57. The van der Waals surface area contributed by atoms with Crippen LogP contribution in [0.4, 0.5) is 0 Å². The van der Waals surface area contributed by atoms with Crippen molar-refractivity contribution in [1.82, 2.24) is 5.32 Å². The van der Waals surface area contributed by atoms with Crippen LogP contribution in [0, 0.1) is 0 Å². The minimum absolute atomic E-state index is 0.574. The Hall–Kier alpha value is -1.48. The van der Waals surface area contributed by atoms with Gasteiger partial charge in [-0.15, -0.1) is 0 Å². The van der Waals surface area contributed by atoms with E-state index in [4.69, 9.17) is 9.47 Å². The van der Waals surface area contributed by atoms with Crippen LogP contribution in [0.3, 0.4) is 0 Å². The average Bonchev–Trinajstić information content (AvgIpc) is 2.47. The maximum absolute atomic E-state index is 5.79. The van der Waals surface area contributed by atoms with Gasteiger partial charge < -0.3 is 14.8 Å². The molecule has 0 aliphatic rings. The van der Waals surface area contributed by atoms with Crippen LogP contribution in [-0.2, 0) is 0 Å². The minimum atomic E-state index is 0.574. The van der Waals surface area contributed by atoms with Crippen molar-refractivity contribution in [3.05, 3.63) is 29.8 Å². The first-order chi connectivity index (χ1) is 9.71. The summed E-state index contributed by atoms with van der Waals surface area (Å²) in [5.74, 6) is 1.60. The van der Waals surface area contributed by atoms with Gasteiger partial charge in [0.1, 0.15) is 0 Å². The highest BCUT2D eigenvalue weighted by atomic mass is 16.5. The lowest BCUT2D eigenvalue weighted by atomic mass is 10.2. The van der Waals surface area contributed by atoms with Gasteiger partial charge >= 0.3 is 0 Å². The summed E-state index contributed by atoms with van der Waals surface area (Å²) < 4.78 is 11.2. The molecule has 0 amide bonds. The normalized spacial score (nSPS) is 12.6. The Bertz CT molecular complexity index is 415. The number of ether oxygens (including phenoxy) is 2.